The molecule has 1 aromatic carbocycles. The van der Waals surface area contributed by atoms with E-state index in [1.165, 1.54) is 11.0 Å². The van der Waals surface area contributed by atoms with Crippen LogP contribution in [0.1, 0.15) is 92.3 Å². The molecule has 3 aromatic rings. The minimum absolute atomic E-state index is 0.0244. The number of nitrogens with zero attached hydrogens (tertiary/aromatic N) is 7. The zero-order valence-corrected chi connectivity index (χ0v) is 29.9. The summed E-state index contributed by atoms with van der Waals surface area (Å²) in [4.78, 5) is 37.4. The largest absolute Gasteiger partial charge is 0.444 e. The lowest BCUT2D eigenvalue weighted by Crippen LogP contribution is -2.53. The normalized spacial score (nSPS) is 19.9. The molecule has 50 heavy (non-hydrogen) atoms. The predicted octanol–water partition coefficient (Wildman–Crippen LogP) is 6.17. The molecule has 3 aliphatic rings. The number of anilines is 2. The summed E-state index contributed by atoms with van der Waals surface area (Å²) in [7, 11) is 3.92. The Bertz CT molecular complexity index is 1760. The Hall–Kier alpha value is -4.04. The number of nitrogens with one attached hydrogen (secondary N) is 1. The molecule has 0 radical (unpaired) electrons. The van der Waals surface area contributed by atoms with Gasteiger partial charge < -0.3 is 14.2 Å². The first-order valence-corrected chi connectivity index (χ1v) is 17.3. The molecule has 0 bridgehead atoms. The minimum atomic E-state index is -4.67. The van der Waals surface area contributed by atoms with Crippen LogP contribution in [0.4, 0.5) is 29.6 Å². The second kappa shape index (κ2) is 13.3. The molecule has 1 atom stereocenters. The van der Waals surface area contributed by atoms with E-state index in [1.54, 1.807) is 45.3 Å². The van der Waals surface area contributed by atoms with Gasteiger partial charge in [0.15, 0.2) is 0 Å². The van der Waals surface area contributed by atoms with Crippen molar-refractivity contribution in [3.63, 3.8) is 0 Å². The summed E-state index contributed by atoms with van der Waals surface area (Å²) in [5.74, 6) is 0.825. The van der Waals surface area contributed by atoms with Crippen LogP contribution in [-0.4, -0.2) is 79.9 Å². The molecule has 270 valence electrons. The monoisotopic (exact) mass is 696 g/mol. The maximum atomic E-state index is 14.7. The first kappa shape index (κ1) is 35.8. The number of piperazine rings is 1. The molecule has 2 aliphatic heterocycles. The van der Waals surface area contributed by atoms with E-state index >= 15 is 0 Å². The van der Waals surface area contributed by atoms with E-state index in [2.05, 4.69) is 51.2 Å². The average Bonchev–Trinajstić information content (AvgIpc) is 3.55. The Balaban J connectivity index is 1.38. The van der Waals surface area contributed by atoms with Gasteiger partial charge in [-0.3, -0.25) is 19.9 Å². The Labute approximate surface area is 291 Å². The number of hydrogen-bond donors (Lipinski definition) is 1. The number of aryl methyl sites for hydroxylation is 1. The van der Waals surface area contributed by atoms with Gasteiger partial charge in [-0.15, -0.1) is 10.2 Å². The fraction of sp³-hybridized carbons (Fsp3) is 0.583. The van der Waals surface area contributed by atoms with Crippen LogP contribution in [0.25, 0.3) is 0 Å². The van der Waals surface area contributed by atoms with E-state index in [0.717, 1.165) is 50.3 Å². The third kappa shape index (κ3) is 7.36. The van der Waals surface area contributed by atoms with Crippen molar-refractivity contribution in [3.8, 4) is 0 Å². The second-order valence-electron chi connectivity index (χ2n) is 15.5. The van der Waals surface area contributed by atoms with Crippen molar-refractivity contribution in [1.29, 1.82) is 0 Å². The summed E-state index contributed by atoms with van der Waals surface area (Å²) in [6.45, 7) is 11.8. The third-order valence-electron chi connectivity index (χ3n) is 10.2. The molecule has 4 heterocycles. The summed E-state index contributed by atoms with van der Waals surface area (Å²) in [5.41, 5.74) is -0.767. The predicted molar refractivity (Wildman–Crippen MR) is 183 cm³/mol. The number of amides is 2. The second-order valence-corrected chi connectivity index (χ2v) is 15.5. The molecule has 1 aliphatic carbocycles. The number of likely N-dealkylation sites (N-methyl/N-ethyl adjacent to an activating group) is 1. The molecule has 1 N–H and O–H groups in total. The van der Waals surface area contributed by atoms with E-state index < -0.39 is 34.8 Å². The Morgan fingerprint density at radius 1 is 1.10 bits per heavy atom. The lowest BCUT2D eigenvalue weighted by molar-refractivity contribution is -0.138. The van der Waals surface area contributed by atoms with E-state index in [1.807, 2.05) is 11.6 Å². The Morgan fingerprint density at radius 3 is 2.44 bits per heavy atom. The summed E-state index contributed by atoms with van der Waals surface area (Å²) in [6.07, 6.45) is -0.620. The van der Waals surface area contributed by atoms with E-state index in [0.29, 0.717) is 24.4 Å². The van der Waals surface area contributed by atoms with Gasteiger partial charge in [-0.25, -0.2) is 9.78 Å². The number of carbonyl (C=O) groups excluding carboxylic acids is 2. The quantitative estimate of drug-likeness (QED) is 0.298. The van der Waals surface area contributed by atoms with Crippen LogP contribution >= 0.6 is 0 Å². The van der Waals surface area contributed by atoms with Gasteiger partial charge in [0.25, 0.3) is 5.91 Å². The van der Waals surface area contributed by atoms with Crippen molar-refractivity contribution in [1.82, 2.24) is 29.5 Å². The SMILES string of the molecule is CC(C)[C@H]1CN(C)CCN1Cc1cc2c(c(C(F)(F)F)c1)CN(c1cc(C3(Cc4nncn4C)CCC3)cc(NC(=O)OC(C)(C)C)n1)C2=O. The third-order valence-corrected chi connectivity index (χ3v) is 10.2. The molecule has 11 nitrogen and oxygen atoms in total. The minimum Gasteiger partial charge on any atom is -0.444 e. The number of hydrogen-bond acceptors (Lipinski definition) is 8. The number of carbonyl (C=O) groups is 2. The highest BCUT2D eigenvalue weighted by Gasteiger charge is 2.44. The summed E-state index contributed by atoms with van der Waals surface area (Å²) in [6, 6.07) is 6.53. The average molecular weight is 697 g/mol. The van der Waals surface area contributed by atoms with Crippen LogP contribution in [0.5, 0.6) is 0 Å². The van der Waals surface area contributed by atoms with Gasteiger partial charge in [0.05, 0.1) is 12.1 Å². The van der Waals surface area contributed by atoms with Gasteiger partial charge >= 0.3 is 12.3 Å². The van der Waals surface area contributed by atoms with Crippen molar-refractivity contribution in [2.45, 2.75) is 96.6 Å². The number of rotatable bonds is 8. The van der Waals surface area contributed by atoms with Crippen LogP contribution in [0.3, 0.4) is 0 Å². The van der Waals surface area contributed by atoms with Gasteiger partial charge in [-0.2, -0.15) is 13.2 Å². The molecule has 2 aromatic heterocycles. The topological polar surface area (TPSA) is 109 Å². The lowest BCUT2D eigenvalue weighted by Gasteiger charge is -2.42. The molecule has 0 spiro atoms. The summed E-state index contributed by atoms with van der Waals surface area (Å²) < 4.78 is 51.4. The smallest absolute Gasteiger partial charge is 0.416 e. The van der Waals surface area contributed by atoms with Crippen molar-refractivity contribution in [3.05, 3.63) is 64.2 Å². The fourth-order valence-corrected chi connectivity index (χ4v) is 7.43. The van der Waals surface area contributed by atoms with E-state index in [9.17, 15) is 22.8 Å². The zero-order valence-electron chi connectivity index (χ0n) is 29.9. The van der Waals surface area contributed by atoms with Gasteiger partial charge in [0, 0.05) is 56.7 Å². The van der Waals surface area contributed by atoms with Crippen LogP contribution in [0.2, 0.25) is 0 Å². The van der Waals surface area contributed by atoms with E-state index in [4.69, 9.17) is 4.74 Å². The van der Waals surface area contributed by atoms with Crippen molar-refractivity contribution >= 4 is 23.6 Å². The molecule has 1 saturated heterocycles. The number of fused-ring (bicyclic) bond motifs is 1. The number of aromatic nitrogens is 4. The van der Waals surface area contributed by atoms with Crippen molar-refractivity contribution in [2.75, 3.05) is 36.9 Å². The number of ether oxygens (including phenoxy) is 1. The number of halogens is 3. The van der Waals surface area contributed by atoms with Gasteiger partial charge in [0.1, 0.15) is 29.4 Å². The molecule has 14 heteroatoms. The molecule has 2 amide bonds. The highest BCUT2D eigenvalue weighted by molar-refractivity contribution is 6.10. The Morgan fingerprint density at radius 2 is 1.84 bits per heavy atom. The van der Waals surface area contributed by atoms with Crippen LogP contribution in [-0.2, 0) is 42.9 Å². The standard InChI is InChI=1S/C36H47F3N8O3/c1-22(2)28-20-44(6)11-12-46(28)18-23-13-25-26(27(14-23)36(37,38)39)19-47(32(25)48)30-16-24(15-29(41-30)42-33(49)50-34(3,4)5)35(9-8-10-35)17-31-43-40-21-45(31)7/h13-16,21-22,28H,8-12,17-20H2,1-7H3,(H,41,42,49)/t28-/m1/s1. The highest BCUT2D eigenvalue weighted by Crippen LogP contribution is 2.48. The van der Waals surface area contributed by atoms with Gasteiger partial charge in [0.2, 0.25) is 0 Å². The molecule has 6 rings (SSSR count). The van der Waals surface area contributed by atoms with Gasteiger partial charge in [-0.1, -0.05) is 20.3 Å². The lowest BCUT2D eigenvalue weighted by atomic mass is 9.62. The maximum absolute atomic E-state index is 14.7. The van der Waals surface area contributed by atoms with Crippen molar-refractivity contribution < 1.29 is 27.5 Å². The number of benzene rings is 1. The maximum Gasteiger partial charge on any atom is 0.416 e. The Kier molecular flexibility index (Phi) is 9.48. The molecule has 0 unspecified atom stereocenters. The van der Waals surface area contributed by atoms with Crippen molar-refractivity contribution in [2.24, 2.45) is 13.0 Å². The first-order chi connectivity index (χ1) is 23.4. The zero-order chi connectivity index (χ0) is 36.2. The molecular weight excluding hydrogens is 649 g/mol. The molecular formula is C36H47F3N8O3. The highest BCUT2D eigenvalue weighted by atomic mass is 19.4. The number of pyridine rings is 1. The fourth-order valence-electron chi connectivity index (χ4n) is 7.43. The van der Waals surface area contributed by atoms with Crippen LogP contribution in [0.15, 0.2) is 30.6 Å². The number of alkyl halides is 3. The van der Waals surface area contributed by atoms with Gasteiger partial charge in [-0.05, 0) is 87.5 Å². The molecule has 1 saturated carbocycles. The first-order valence-electron chi connectivity index (χ1n) is 17.3. The van der Waals surface area contributed by atoms with Crippen LogP contribution in [0, 0.1) is 5.92 Å². The summed E-state index contributed by atoms with van der Waals surface area (Å²) in [5, 5.41) is 11.0. The van der Waals surface area contributed by atoms with Crippen LogP contribution < -0.4 is 10.2 Å². The van der Waals surface area contributed by atoms with E-state index in [-0.39, 0.29) is 35.3 Å². The summed E-state index contributed by atoms with van der Waals surface area (Å²) >= 11 is 0. The molecule has 2 fully saturated rings.